The summed E-state index contributed by atoms with van der Waals surface area (Å²) in [5, 5.41) is 8.12. The molecule has 202 valence electrons. The van der Waals surface area contributed by atoms with Crippen molar-refractivity contribution in [1.82, 2.24) is 15.2 Å². The summed E-state index contributed by atoms with van der Waals surface area (Å²) in [7, 11) is 0. The average molecular weight is 538 g/mol. The van der Waals surface area contributed by atoms with E-state index in [1.807, 2.05) is 9.80 Å². The lowest BCUT2D eigenvalue weighted by Crippen LogP contribution is -2.44. The maximum atomic E-state index is 13.4. The zero-order valence-corrected chi connectivity index (χ0v) is 21.9. The van der Waals surface area contributed by atoms with E-state index in [1.54, 1.807) is 5.38 Å². The van der Waals surface area contributed by atoms with E-state index >= 15 is 0 Å². The standard InChI is InChI=1S/C26H34F3N5O2S/c1-2-3-4-11-30-25(36)34-14-9-18(10-15-34)24-32-21(17-37-24)23(35)31-20-16-19(26(27,28)29)7-8-22(20)33-12-5-6-13-33/h7-8,16-18H,2-6,9-15H2,1H3,(H,30,36)(H,31,35). The van der Waals surface area contributed by atoms with Gasteiger partial charge in [-0.2, -0.15) is 13.2 Å². The number of piperidine rings is 1. The number of halogens is 3. The largest absolute Gasteiger partial charge is 0.416 e. The van der Waals surface area contributed by atoms with Gasteiger partial charge in [-0.05, 0) is 50.3 Å². The molecule has 0 aliphatic carbocycles. The summed E-state index contributed by atoms with van der Waals surface area (Å²) in [5.41, 5.74) is 0.135. The van der Waals surface area contributed by atoms with Gasteiger partial charge in [-0.25, -0.2) is 9.78 Å². The highest BCUT2D eigenvalue weighted by molar-refractivity contribution is 7.10. The fourth-order valence-electron chi connectivity index (χ4n) is 4.82. The number of unbranched alkanes of at least 4 members (excludes halogenated alkanes) is 2. The molecule has 0 radical (unpaired) electrons. The van der Waals surface area contributed by atoms with Crippen molar-refractivity contribution >= 4 is 34.6 Å². The molecular weight excluding hydrogens is 503 g/mol. The number of nitrogens with zero attached hydrogens (tertiary/aromatic N) is 3. The molecule has 1 aromatic carbocycles. The summed E-state index contributed by atoms with van der Waals surface area (Å²) in [4.78, 5) is 33.7. The Morgan fingerprint density at radius 1 is 1.11 bits per heavy atom. The van der Waals surface area contributed by atoms with Crippen LogP contribution in [0, 0.1) is 0 Å². The molecule has 7 nitrogen and oxygen atoms in total. The Morgan fingerprint density at radius 2 is 1.84 bits per heavy atom. The number of amides is 3. The summed E-state index contributed by atoms with van der Waals surface area (Å²) in [6.07, 6.45) is 2.10. The molecule has 0 atom stereocenters. The third-order valence-electron chi connectivity index (χ3n) is 6.96. The second kappa shape index (κ2) is 12.1. The average Bonchev–Trinajstić information content (AvgIpc) is 3.59. The Labute approximate surface area is 219 Å². The van der Waals surface area contributed by atoms with Crippen LogP contribution in [0.5, 0.6) is 0 Å². The Hall–Kier alpha value is -2.82. The van der Waals surface area contributed by atoms with E-state index in [0.717, 1.165) is 75.2 Å². The summed E-state index contributed by atoms with van der Waals surface area (Å²) in [5.74, 6) is -0.379. The molecule has 37 heavy (non-hydrogen) atoms. The third kappa shape index (κ3) is 6.94. The first-order valence-electron chi connectivity index (χ1n) is 13.0. The van der Waals surface area contributed by atoms with Crippen molar-refractivity contribution < 1.29 is 22.8 Å². The zero-order valence-electron chi connectivity index (χ0n) is 21.1. The van der Waals surface area contributed by atoms with Crippen molar-refractivity contribution in [3.8, 4) is 0 Å². The molecule has 11 heteroatoms. The molecular formula is C26H34F3N5O2S. The molecule has 0 saturated carbocycles. The highest BCUT2D eigenvalue weighted by atomic mass is 32.1. The number of nitrogens with one attached hydrogen (secondary N) is 2. The monoisotopic (exact) mass is 537 g/mol. The number of hydrogen-bond acceptors (Lipinski definition) is 5. The van der Waals surface area contributed by atoms with Gasteiger partial charge in [-0.1, -0.05) is 19.8 Å². The normalized spacial score (nSPS) is 16.8. The first-order valence-corrected chi connectivity index (χ1v) is 13.9. The fourth-order valence-corrected chi connectivity index (χ4v) is 5.80. The molecule has 3 heterocycles. The predicted molar refractivity (Wildman–Crippen MR) is 139 cm³/mol. The van der Waals surface area contributed by atoms with Crippen molar-refractivity contribution in [3.05, 3.63) is 39.8 Å². The first kappa shape index (κ1) is 27.2. The number of urea groups is 1. The molecule has 2 fully saturated rings. The van der Waals surface area contributed by atoms with Gasteiger partial charge in [-0.3, -0.25) is 4.79 Å². The van der Waals surface area contributed by atoms with Crippen LogP contribution in [-0.4, -0.2) is 54.5 Å². The topological polar surface area (TPSA) is 77.6 Å². The predicted octanol–water partition coefficient (Wildman–Crippen LogP) is 6.09. The Kier molecular flexibility index (Phi) is 8.94. The number of alkyl halides is 3. The molecule has 1 aromatic heterocycles. The highest BCUT2D eigenvalue weighted by Crippen LogP contribution is 2.37. The van der Waals surface area contributed by atoms with E-state index in [9.17, 15) is 22.8 Å². The molecule has 4 rings (SSSR count). The second-order valence-electron chi connectivity index (χ2n) is 9.65. The molecule has 2 aliphatic rings. The van der Waals surface area contributed by atoms with Crippen LogP contribution in [0.2, 0.25) is 0 Å². The number of benzene rings is 1. The Morgan fingerprint density at radius 3 is 2.51 bits per heavy atom. The van der Waals surface area contributed by atoms with Crippen molar-refractivity contribution in [3.63, 3.8) is 0 Å². The van der Waals surface area contributed by atoms with Gasteiger partial charge in [-0.15, -0.1) is 11.3 Å². The quantitative estimate of drug-likeness (QED) is 0.400. The lowest BCUT2D eigenvalue weighted by atomic mass is 9.98. The van der Waals surface area contributed by atoms with Gasteiger partial charge in [0.15, 0.2) is 0 Å². The van der Waals surface area contributed by atoms with Crippen LogP contribution in [0.25, 0.3) is 0 Å². The summed E-state index contributed by atoms with van der Waals surface area (Å²) in [6.45, 7) is 5.53. The van der Waals surface area contributed by atoms with Crippen molar-refractivity contribution in [2.75, 3.05) is 42.9 Å². The van der Waals surface area contributed by atoms with Crippen LogP contribution in [0.3, 0.4) is 0 Å². The number of anilines is 2. The van der Waals surface area contributed by atoms with Gasteiger partial charge < -0.3 is 20.4 Å². The molecule has 0 unspecified atom stereocenters. The van der Waals surface area contributed by atoms with Crippen molar-refractivity contribution in [2.45, 2.75) is 64.0 Å². The second-order valence-corrected chi connectivity index (χ2v) is 10.5. The molecule has 0 bridgehead atoms. The summed E-state index contributed by atoms with van der Waals surface area (Å²) >= 11 is 1.38. The summed E-state index contributed by atoms with van der Waals surface area (Å²) in [6, 6.07) is 3.46. The minimum Gasteiger partial charge on any atom is -0.370 e. The molecule has 3 amide bonds. The van der Waals surface area contributed by atoms with Gasteiger partial charge in [0.2, 0.25) is 0 Å². The highest BCUT2D eigenvalue weighted by Gasteiger charge is 2.32. The zero-order chi connectivity index (χ0) is 26.4. The SMILES string of the molecule is CCCCCNC(=O)N1CCC(c2nc(C(=O)Nc3cc(C(F)(F)F)ccc3N3CCCC3)cs2)CC1. The molecule has 2 aromatic rings. The van der Waals surface area contributed by atoms with Crippen molar-refractivity contribution in [1.29, 1.82) is 0 Å². The van der Waals surface area contributed by atoms with E-state index in [2.05, 4.69) is 22.5 Å². The lowest BCUT2D eigenvalue weighted by Gasteiger charge is -2.31. The number of carbonyl (C=O) groups is 2. The van der Waals surface area contributed by atoms with Gasteiger partial charge >= 0.3 is 12.2 Å². The number of thiazole rings is 1. The number of hydrogen-bond donors (Lipinski definition) is 2. The van der Waals surface area contributed by atoms with Crippen LogP contribution in [0.4, 0.5) is 29.3 Å². The number of likely N-dealkylation sites (tertiary alicyclic amines) is 1. The van der Waals surface area contributed by atoms with E-state index in [1.165, 1.54) is 17.4 Å². The molecule has 2 saturated heterocycles. The Bertz CT molecular complexity index is 1080. The summed E-state index contributed by atoms with van der Waals surface area (Å²) < 4.78 is 40.1. The van der Waals surface area contributed by atoms with Crippen LogP contribution in [0.15, 0.2) is 23.6 Å². The van der Waals surface area contributed by atoms with Gasteiger partial charge in [0.05, 0.1) is 21.9 Å². The van der Waals surface area contributed by atoms with E-state index in [4.69, 9.17) is 0 Å². The number of rotatable bonds is 8. The van der Waals surface area contributed by atoms with Crippen LogP contribution in [0.1, 0.15) is 78.8 Å². The van der Waals surface area contributed by atoms with Gasteiger partial charge in [0.1, 0.15) is 5.69 Å². The smallest absolute Gasteiger partial charge is 0.370 e. The first-order chi connectivity index (χ1) is 17.8. The Balaban J connectivity index is 1.38. The van der Waals surface area contributed by atoms with Gasteiger partial charge in [0.25, 0.3) is 5.91 Å². The van der Waals surface area contributed by atoms with E-state index < -0.39 is 17.6 Å². The van der Waals surface area contributed by atoms with Crippen LogP contribution < -0.4 is 15.5 Å². The lowest BCUT2D eigenvalue weighted by molar-refractivity contribution is -0.137. The van der Waals surface area contributed by atoms with Crippen LogP contribution >= 0.6 is 11.3 Å². The van der Waals surface area contributed by atoms with Crippen LogP contribution in [-0.2, 0) is 6.18 Å². The number of aromatic nitrogens is 1. The molecule has 0 spiro atoms. The minimum absolute atomic E-state index is 0.0383. The van der Waals surface area contributed by atoms with E-state index in [-0.39, 0.29) is 23.3 Å². The molecule has 2 aliphatic heterocycles. The maximum Gasteiger partial charge on any atom is 0.416 e. The fraction of sp³-hybridized carbons (Fsp3) is 0.577. The number of carbonyl (C=O) groups excluding carboxylic acids is 2. The van der Waals surface area contributed by atoms with E-state index in [0.29, 0.717) is 25.3 Å². The minimum atomic E-state index is -4.50. The van der Waals surface area contributed by atoms with Crippen molar-refractivity contribution in [2.24, 2.45) is 0 Å². The third-order valence-corrected chi connectivity index (χ3v) is 7.97. The van der Waals surface area contributed by atoms with Gasteiger partial charge in [0, 0.05) is 44.0 Å². The maximum absolute atomic E-state index is 13.4. The molecule has 2 N–H and O–H groups in total.